The Bertz CT molecular complexity index is 1100. The van der Waals surface area contributed by atoms with Crippen LogP contribution in [0.4, 0.5) is 0 Å². The van der Waals surface area contributed by atoms with E-state index < -0.39 is 0 Å². The molecule has 29 heavy (non-hydrogen) atoms. The van der Waals surface area contributed by atoms with Gasteiger partial charge in [-0.25, -0.2) is 14.3 Å². The molecular formula is C23H24N6. The predicted octanol–water partition coefficient (Wildman–Crippen LogP) is 3.54. The van der Waals surface area contributed by atoms with Crippen molar-refractivity contribution in [3.63, 3.8) is 0 Å². The highest BCUT2D eigenvalue weighted by atomic mass is 15.4. The van der Waals surface area contributed by atoms with Crippen LogP contribution in [0.15, 0.2) is 66.9 Å². The first-order valence-corrected chi connectivity index (χ1v) is 10.1. The average Bonchev–Trinajstić information content (AvgIpc) is 3.36. The molecule has 0 amide bonds. The molecule has 0 saturated carbocycles. The minimum atomic E-state index is 0.382. The van der Waals surface area contributed by atoms with Gasteiger partial charge in [-0.2, -0.15) is 10.2 Å². The quantitative estimate of drug-likeness (QED) is 0.572. The first kappa shape index (κ1) is 17.8. The number of benzene rings is 2. The molecule has 0 spiro atoms. The van der Waals surface area contributed by atoms with Crippen LogP contribution >= 0.6 is 0 Å². The highest BCUT2D eigenvalue weighted by Crippen LogP contribution is 2.24. The van der Waals surface area contributed by atoms with E-state index in [9.17, 15) is 0 Å². The van der Waals surface area contributed by atoms with E-state index in [0.717, 1.165) is 54.5 Å². The first-order valence-electron chi connectivity index (χ1n) is 10.1. The average molecular weight is 384 g/mol. The minimum absolute atomic E-state index is 0.382. The molecule has 0 bridgehead atoms. The molecule has 1 N–H and O–H groups in total. The zero-order valence-corrected chi connectivity index (χ0v) is 16.5. The van der Waals surface area contributed by atoms with Crippen molar-refractivity contribution in [2.24, 2.45) is 0 Å². The number of aromatic nitrogens is 5. The Morgan fingerprint density at radius 2 is 1.76 bits per heavy atom. The second-order valence-electron chi connectivity index (χ2n) is 7.52. The standard InChI is InChI=1S/C23H24N6/c1-17-25-22-13-12-20(16-29(22)26-17)24-14-19-15-28(21-10-6-3-7-11-21)27-23(19)18-8-4-2-5-9-18/h2-11,15,20,24H,12-14,16H2,1H3. The van der Waals surface area contributed by atoms with Crippen molar-refractivity contribution < 1.29 is 0 Å². The van der Waals surface area contributed by atoms with Crippen LogP contribution in [0.2, 0.25) is 0 Å². The Hall–Kier alpha value is -3.25. The number of nitrogens with zero attached hydrogens (tertiary/aromatic N) is 5. The largest absolute Gasteiger partial charge is 0.308 e. The molecule has 146 valence electrons. The normalized spacial score (nSPS) is 16.0. The van der Waals surface area contributed by atoms with Gasteiger partial charge >= 0.3 is 0 Å². The number of hydrogen-bond acceptors (Lipinski definition) is 4. The lowest BCUT2D eigenvalue weighted by Crippen LogP contribution is -2.37. The van der Waals surface area contributed by atoms with Crippen LogP contribution in [0.25, 0.3) is 16.9 Å². The smallest absolute Gasteiger partial charge is 0.147 e. The van der Waals surface area contributed by atoms with Gasteiger partial charge in [0.1, 0.15) is 11.6 Å². The summed E-state index contributed by atoms with van der Waals surface area (Å²) in [6, 6.07) is 21.0. The maximum atomic E-state index is 4.90. The van der Waals surface area contributed by atoms with E-state index in [1.807, 2.05) is 40.6 Å². The lowest BCUT2D eigenvalue weighted by atomic mass is 10.1. The van der Waals surface area contributed by atoms with Gasteiger partial charge in [-0.05, 0) is 25.5 Å². The summed E-state index contributed by atoms with van der Waals surface area (Å²) in [5, 5.41) is 13.1. The van der Waals surface area contributed by atoms with Gasteiger partial charge in [-0.1, -0.05) is 48.5 Å². The highest BCUT2D eigenvalue weighted by molar-refractivity contribution is 5.63. The van der Waals surface area contributed by atoms with Gasteiger partial charge in [0.05, 0.1) is 17.9 Å². The number of fused-ring (bicyclic) bond motifs is 1. The maximum absolute atomic E-state index is 4.90. The van der Waals surface area contributed by atoms with Crippen molar-refractivity contribution in [3.8, 4) is 16.9 Å². The molecule has 0 radical (unpaired) electrons. The van der Waals surface area contributed by atoms with Crippen LogP contribution in [0.1, 0.15) is 23.6 Å². The Morgan fingerprint density at radius 1 is 1.00 bits per heavy atom. The number of rotatable bonds is 5. The fourth-order valence-corrected chi connectivity index (χ4v) is 3.95. The molecule has 2 aromatic carbocycles. The molecule has 0 fully saturated rings. The van der Waals surface area contributed by atoms with E-state index in [0.29, 0.717) is 6.04 Å². The van der Waals surface area contributed by atoms with Gasteiger partial charge in [0.2, 0.25) is 0 Å². The molecule has 6 nitrogen and oxygen atoms in total. The lowest BCUT2D eigenvalue weighted by Gasteiger charge is -2.23. The molecule has 3 heterocycles. The molecule has 5 rings (SSSR count). The topological polar surface area (TPSA) is 60.6 Å². The second-order valence-corrected chi connectivity index (χ2v) is 7.52. The summed E-state index contributed by atoms with van der Waals surface area (Å²) >= 11 is 0. The molecule has 1 atom stereocenters. The third kappa shape index (κ3) is 3.71. The van der Waals surface area contributed by atoms with E-state index in [2.05, 4.69) is 58.0 Å². The second kappa shape index (κ2) is 7.64. The Labute approximate surface area is 170 Å². The molecule has 0 saturated heterocycles. The molecule has 1 unspecified atom stereocenters. The van der Waals surface area contributed by atoms with Gasteiger partial charge in [0, 0.05) is 36.3 Å². The summed E-state index contributed by atoms with van der Waals surface area (Å²) in [6.45, 7) is 3.59. The Kier molecular flexibility index (Phi) is 4.69. The lowest BCUT2D eigenvalue weighted by molar-refractivity contribution is 0.358. The van der Waals surface area contributed by atoms with E-state index in [1.165, 1.54) is 5.56 Å². The number of nitrogens with one attached hydrogen (secondary N) is 1. The molecule has 1 aliphatic rings. The van der Waals surface area contributed by atoms with Crippen LogP contribution < -0.4 is 5.32 Å². The summed E-state index contributed by atoms with van der Waals surface area (Å²) in [4.78, 5) is 4.51. The Morgan fingerprint density at radius 3 is 2.55 bits per heavy atom. The van der Waals surface area contributed by atoms with Crippen molar-refractivity contribution in [2.75, 3.05) is 0 Å². The number of para-hydroxylation sites is 1. The van der Waals surface area contributed by atoms with Crippen molar-refractivity contribution >= 4 is 0 Å². The summed E-state index contributed by atoms with van der Waals surface area (Å²) in [7, 11) is 0. The predicted molar refractivity (Wildman–Crippen MR) is 113 cm³/mol. The molecular weight excluding hydrogens is 360 g/mol. The fourth-order valence-electron chi connectivity index (χ4n) is 3.95. The van der Waals surface area contributed by atoms with Crippen molar-refractivity contribution in [3.05, 3.63) is 84.1 Å². The van der Waals surface area contributed by atoms with Crippen molar-refractivity contribution in [2.45, 2.75) is 38.9 Å². The van der Waals surface area contributed by atoms with Gasteiger partial charge < -0.3 is 5.32 Å². The zero-order valence-electron chi connectivity index (χ0n) is 16.5. The zero-order chi connectivity index (χ0) is 19.6. The van der Waals surface area contributed by atoms with Gasteiger partial charge in [0.15, 0.2) is 0 Å². The Balaban J connectivity index is 1.39. The van der Waals surface area contributed by atoms with Crippen LogP contribution in [-0.4, -0.2) is 30.6 Å². The fraction of sp³-hybridized carbons (Fsp3) is 0.261. The molecule has 0 aliphatic carbocycles. The van der Waals surface area contributed by atoms with Crippen molar-refractivity contribution in [1.29, 1.82) is 0 Å². The monoisotopic (exact) mass is 384 g/mol. The SMILES string of the molecule is Cc1nc2n(n1)CC(NCc1cn(-c3ccccc3)nc1-c1ccccc1)CC2. The third-order valence-electron chi connectivity index (χ3n) is 5.40. The van der Waals surface area contributed by atoms with E-state index >= 15 is 0 Å². The van der Waals surface area contributed by atoms with E-state index in [4.69, 9.17) is 5.10 Å². The third-order valence-corrected chi connectivity index (χ3v) is 5.40. The van der Waals surface area contributed by atoms with Crippen LogP contribution in [-0.2, 0) is 19.5 Å². The molecule has 2 aromatic heterocycles. The molecule has 1 aliphatic heterocycles. The number of hydrogen-bond donors (Lipinski definition) is 1. The van der Waals surface area contributed by atoms with E-state index in [-0.39, 0.29) is 0 Å². The van der Waals surface area contributed by atoms with Crippen molar-refractivity contribution in [1.82, 2.24) is 29.9 Å². The summed E-state index contributed by atoms with van der Waals surface area (Å²) in [5.41, 5.74) is 4.42. The molecule has 6 heteroatoms. The maximum Gasteiger partial charge on any atom is 0.147 e. The van der Waals surface area contributed by atoms with Gasteiger partial charge in [-0.3, -0.25) is 0 Å². The first-order chi connectivity index (χ1) is 14.3. The van der Waals surface area contributed by atoms with Gasteiger partial charge in [-0.15, -0.1) is 0 Å². The van der Waals surface area contributed by atoms with Crippen LogP contribution in [0.3, 0.4) is 0 Å². The summed E-state index contributed by atoms with van der Waals surface area (Å²) in [6.07, 6.45) is 4.18. The molecule has 4 aromatic rings. The summed E-state index contributed by atoms with van der Waals surface area (Å²) < 4.78 is 4.01. The van der Waals surface area contributed by atoms with Gasteiger partial charge in [0.25, 0.3) is 0 Å². The highest BCUT2D eigenvalue weighted by Gasteiger charge is 2.21. The summed E-state index contributed by atoms with van der Waals surface area (Å²) in [5.74, 6) is 1.96. The minimum Gasteiger partial charge on any atom is -0.308 e. The number of aryl methyl sites for hydroxylation is 2. The van der Waals surface area contributed by atoms with Crippen LogP contribution in [0.5, 0.6) is 0 Å². The van der Waals surface area contributed by atoms with Crippen LogP contribution in [0, 0.1) is 6.92 Å². The van der Waals surface area contributed by atoms with E-state index in [1.54, 1.807) is 0 Å².